The van der Waals surface area contributed by atoms with Crippen LogP contribution in [0.1, 0.15) is 19.3 Å². The number of sulfone groups is 1. The molecule has 0 bridgehead atoms. The van der Waals surface area contributed by atoms with E-state index in [1.807, 2.05) is 0 Å². The van der Waals surface area contributed by atoms with Crippen molar-refractivity contribution in [3.05, 3.63) is 24.3 Å². The number of hydrogen-bond donors (Lipinski definition) is 0. The molecule has 0 saturated heterocycles. The molecule has 17 heavy (non-hydrogen) atoms. The van der Waals surface area contributed by atoms with E-state index >= 15 is 0 Å². The average Bonchev–Trinajstić information content (AvgIpc) is 2.63. The van der Waals surface area contributed by atoms with E-state index in [2.05, 4.69) is 0 Å². The summed E-state index contributed by atoms with van der Waals surface area (Å²) in [6.07, 6.45) is 2.87. The number of carbonyl (C=O) groups is 1. The Morgan fingerprint density at radius 2 is 1.88 bits per heavy atom. The monoisotopic (exact) mass is 254 g/mol. The predicted octanol–water partition coefficient (Wildman–Crippen LogP) is 1.59. The summed E-state index contributed by atoms with van der Waals surface area (Å²) < 4.78 is 28.1. The van der Waals surface area contributed by atoms with E-state index in [9.17, 15) is 13.2 Å². The van der Waals surface area contributed by atoms with Crippen LogP contribution in [-0.2, 0) is 14.6 Å². The molecule has 0 heterocycles. The second-order valence-corrected chi connectivity index (χ2v) is 6.28. The lowest BCUT2D eigenvalue weighted by Gasteiger charge is -2.12. The van der Waals surface area contributed by atoms with Gasteiger partial charge in [-0.05, 0) is 30.7 Å². The molecule has 0 radical (unpaired) electrons. The minimum absolute atomic E-state index is 0.0633. The van der Waals surface area contributed by atoms with Gasteiger partial charge in [0.25, 0.3) is 0 Å². The average molecular weight is 254 g/mol. The van der Waals surface area contributed by atoms with Crippen LogP contribution in [0.5, 0.6) is 5.75 Å². The summed E-state index contributed by atoms with van der Waals surface area (Å²) in [7, 11) is -3.17. The molecule has 0 spiro atoms. The van der Waals surface area contributed by atoms with E-state index < -0.39 is 9.84 Å². The molecular formula is C12H14O4S. The molecule has 2 rings (SSSR count). The Morgan fingerprint density at radius 3 is 2.35 bits per heavy atom. The van der Waals surface area contributed by atoms with Crippen LogP contribution in [0.2, 0.25) is 0 Å². The summed E-state index contributed by atoms with van der Waals surface area (Å²) in [4.78, 5) is 11.3. The molecule has 1 fully saturated rings. The Balaban J connectivity index is 2.06. The first-order valence-electron chi connectivity index (χ1n) is 5.43. The van der Waals surface area contributed by atoms with Gasteiger partial charge in [-0.2, -0.15) is 0 Å². The molecular weight excluding hydrogens is 240 g/mol. The van der Waals surface area contributed by atoms with E-state index in [4.69, 9.17) is 4.74 Å². The smallest absolute Gasteiger partial charge is 0.175 e. The fraction of sp³-hybridized carbons (Fsp3) is 0.417. The minimum Gasteiger partial charge on any atom is -0.490 e. The maximum Gasteiger partial charge on any atom is 0.175 e. The standard InChI is InChI=1S/C12H14O4S/c1-17(14,15)12-6-4-10(5-7-12)16-11-3-2-9(13)8-11/h4-7,11H,2-3,8H2,1H3. The third-order valence-electron chi connectivity index (χ3n) is 2.76. The highest BCUT2D eigenvalue weighted by Crippen LogP contribution is 2.23. The van der Waals surface area contributed by atoms with Crippen molar-refractivity contribution in [1.29, 1.82) is 0 Å². The van der Waals surface area contributed by atoms with E-state index in [0.29, 0.717) is 18.6 Å². The van der Waals surface area contributed by atoms with Gasteiger partial charge in [0, 0.05) is 19.1 Å². The van der Waals surface area contributed by atoms with Gasteiger partial charge in [0.15, 0.2) is 9.84 Å². The molecule has 0 aliphatic heterocycles. The van der Waals surface area contributed by atoms with Crippen molar-refractivity contribution in [2.45, 2.75) is 30.3 Å². The van der Waals surface area contributed by atoms with E-state index in [1.54, 1.807) is 12.1 Å². The van der Waals surface area contributed by atoms with E-state index in [0.717, 1.165) is 6.42 Å². The van der Waals surface area contributed by atoms with Gasteiger partial charge < -0.3 is 4.74 Å². The summed E-state index contributed by atoms with van der Waals surface area (Å²) in [5.41, 5.74) is 0. The Kier molecular flexibility index (Phi) is 3.19. The fourth-order valence-electron chi connectivity index (χ4n) is 1.84. The highest BCUT2D eigenvalue weighted by atomic mass is 32.2. The van der Waals surface area contributed by atoms with Crippen LogP contribution in [0.15, 0.2) is 29.2 Å². The molecule has 0 amide bonds. The molecule has 0 aromatic heterocycles. The number of Topliss-reactive ketones (excluding diaryl/α,β-unsaturated/α-hetero) is 1. The van der Waals surface area contributed by atoms with Crippen molar-refractivity contribution in [1.82, 2.24) is 0 Å². The first-order chi connectivity index (χ1) is 7.95. The molecule has 1 aliphatic carbocycles. The van der Waals surface area contributed by atoms with Gasteiger partial charge in [0.1, 0.15) is 17.6 Å². The molecule has 92 valence electrons. The van der Waals surface area contributed by atoms with Crippen LogP contribution in [0.4, 0.5) is 0 Å². The Hall–Kier alpha value is -1.36. The Bertz CT molecular complexity index is 516. The maximum atomic E-state index is 11.2. The SMILES string of the molecule is CS(=O)(=O)c1ccc(OC2CCC(=O)C2)cc1. The summed E-state index contributed by atoms with van der Waals surface area (Å²) in [5.74, 6) is 0.833. The summed E-state index contributed by atoms with van der Waals surface area (Å²) in [6.45, 7) is 0. The van der Waals surface area contributed by atoms with Gasteiger partial charge in [-0.1, -0.05) is 0 Å². The van der Waals surface area contributed by atoms with Gasteiger partial charge >= 0.3 is 0 Å². The molecule has 1 aromatic rings. The van der Waals surface area contributed by atoms with Crippen LogP contribution < -0.4 is 4.74 Å². The molecule has 1 aromatic carbocycles. The fourth-order valence-corrected chi connectivity index (χ4v) is 2.47. The zero-order valence-electron chi connectivity index (χ0n) is 9.55. The van der Waals surface area contributed by atoms with Gasteiger partial charge in [0.05, 0.1) is 4.90 Å². The summed E-state index contributed by atoms with van der Waals surface area (Å²) in [5, 5.41) is 0. The molecule has 5 heteroatoms. The van der Waals surface area contributed by atoms with Crippen molar-refractivity contribution < 1.29 is 17.9 Å². The molecule has 1 saturated carbocycles. The highest BCUT2D eigenvalue weighted by Gasteiger charge is 2.23. The summed E-state index contributed by atoms with van der Waals surface area (Å²) >= 11 is 0. The zero-order valence-corrected chi connectivity index (χ0v) is 10.4. The number of rotatable bonds is 3. The van der Waals surface area contributed by atoms with Crippen LogP contribution in [0.25, 0.3) is 0 Å². The van der Waals surface area contributed by atoms with Gasteiger partial charge in [0.2, 0.25) is 0 Å². The number of ether oxygens (including phenoxy) is 1. The third kappa shape index (κ3) is 3.06. The zero-order chi connectivity index (χ0) is 12.5. The van der Waals surface area contributed by atoms with Crippen LogP contribution >= 0.6 is 0 Å². The minimum atomic E-state index is -3.17. The maximum absolute atomic E-state index is 11.2. The third-order valence-corrected chi connectivity index (χ3v) is 3.88. The van der Waals surface area contributed by atoms with Crippen molar-refractivity contribution in [2.75, 3.05) is 6.26 Å². The second kappa shape index (κ2) is 4.49. The molecule has 1 aliphatic rings. The van der Waals surface area contributed by atoms with Crippen molar-refractivity contribution >= 4 is 15.6 Å². The predicted molar refractivity (Wildman–Crippen MR) is 62.8 cm³/mol. The largest absolute Gasteiger partial charge is 0.490 e. The summed E-state index contributed by atoms with van der Waals surface area (Å²) in [6, 6.07) is 6.28. The van der Waals surface area contributed by atoms with Gasteiger partial charge in [-0.15, -0.1) is 0 Å². The lowest BCUT2D eigenvalue weighted by Crippen LogP contribution is -2.12. The van der Waals surface area contributed by atoms with Crippen LogP contribution in [-0.4, -0.2) is 26.6 Å². The number of benzene rings is 1. The molecule has 1 unspecified atom stereocenters. The molecule has 4 nitrogen and oxygen atoms in total. The topological polar surface area (TPSA) is 60.4 Å². The number of carbonyl (C=O) groups excluding carboxylic acids is 1. The Morgan fingerprint density at radius 1 is 1.24 bits per heavy atom. The Labute approximate surface area is 101 Å². The van der Waals surface area contributed by atoms with E-state index in [-0.39, 0.29) is 16.8 Å². The first kappa shape index (κ1) is 12.1. The van der Waals surface area contributed by atoms with Gasteiger partial charge in [-0.25, -0.2) is 8.42 Å². The number of hydrogen-bond acceptors (Lipinski definition) is 4. The quantitative estimate of drug-likeness (QED) is 0.821. The second-order valence-electron chi connectivity index (χ2n) is 4.26. The van der Waals surface area contributed by atoms with Crippen molar-refractivity contribution in [2.24, 2.45) is 0 Å². The van der Waals surface area contributed by atoms with Crippen molar-refractivity contribution in [3.8, 4) is 5.75 Å². The lowest BCUT2D eigenvalue weighted by atomic mass is 10.3. The lowest BCUT2D eigenvalue weighted by molar-refractivity contribution is -0.117. The van der Waals surface area contributed by atoms with Crippen LogP contribution in [0, 0.1) is 0 Å². The van der Waals surface area contributed by atoms with E-state index in [1.165, 1.54) is 18.4 Å². The molecule has 0 N–H and O–H groups in total. The van der Waals surface area contributed by atoms with Crippen molar-refractivity contribution in [3.63, 3.8) is 0 Å². The molecule has 1 atom stereocenters. The number of ketones is 1. The first-order valence-corrected chi connectivity index (χ1v) is 7.33. The van der Waals surface area contributed by atoms with Gasteiger partial charge in [-0.3, -0.25) is 4.79 Å². The normalized spacial score (nSPS) is 20.5. The van der Waals surface area contributed by atoms with Crippen LogP contribution in [0.3, 0.4) is 0 Å². The highest BCUT2D eigenvalue weighted by molar-refractivity contribution is 7.90.